The quantitative estimate of drug-likeness (QED) is 0.691. The van der Waals surface area contributed by atoms with Crippen molar-refractivity contribution in [3.05, 3.63) is 59.8 Å². The molecule has 0 aliphatic heterocycles. The SMILES string of the molecule is O=C(Nc1ccc(C(=O)NC2CC2)cc1)c1ccc2[nH]ncc2c1. The fraction of sp³-hybridized carbons (Fsp3) is 0.167. The maximum atomic E-state index is 12.3. The van der Waals surface area contributed by atoms with Gasteiger partial charge in [-0.05, 0) is 55.3 Å². The molecule has 0 saturated heterocycles. The summed E-state index contributed by atoms with van der Waals surface area (Å²) in [6, 6.07) is 12.6. The lowest BCUT2D eigenvalue weighted by Gasteiger charge is -2.07. The van der Waals surface area contributed by atoms with Gasteiger partial charge in [0.2, 0.25) is 0 Å². The van der Waals surface area contributed by atoms with E-state index >= 15 is 0 Å². The third-order valence-corrected chi connectivity index (χ3v) is 4.02. The van der Waals surface area contributed by atoms with E-state index in [1.54, 1.807) is 42.6 Å². The second kappa shape index (κ2) is 5.81. The minimum absolute atomic E-state index is 0.0687. The molecule has 0 unspecified atom stereocenters. The molecule has 1 fully saturated rings. The molecular formula is C18H16N4O2. The standard InChI is InChI=1S/C18H16N4O2/c23-17(20-15-6-7-15)11-1-4-14(5-2-11)21-18(24)12-3-8-16-13(9-12)10-19-22-16/h1-5,8-10,15H,6-7H2,(H,19,22)(H,20,23)(H,21,24). The van der Waals surface area contributed by atoms with Crippen LogP contribution >= 0.6 is 0 Å². The number of amides is 2. The van der Waals surface area contributed by atoms with Crippen LogP contribution in [0.4, 0.5) is 5.69 Å². The topological polar surface area (TPSA) is 86.9 Å². The number of hydrogen-bond acceptors (Lipinski definition) is 3. The Morgan fingerprint density at radius 1 is 1.00 bits per heavy atom. The van der Waals surface area contributed by atoms with Crippen molar-refractivity contribution in [3.8, 4) is 0 Å². The molecule has 6 heteroatoms. The van der Waals surface area contributed by atoms with E-state index in [-0.39, 0.29) is 11.8 Å². The predicted octanol–water partition coefficient (Wildman–Crippen LogP) is 2.71. The first-order valence-corrected chi connectivity index (χ1v) is 7.84. The molecule has 120 valence electrons. The number of fused-ring (bicyclic) bond motifs is 1. The lowest BCUT2D eigenvalue weighted by Crippen LogP contribution is -2.25. The summed E-state index contributed by atoms with van der Waals surface area (Å²) in [6.07, 6.45) is 3.79. The predicted molar refractivity (Wildman–Crippen MR) is 91.0 cm³/mol. The van der Waals surface area contributed by atoms with Crippen LogP contribution in [0.3, 0.4) is 0 Å². The highest BCUT2D eigenvalue weighted by Crippen LogP contribution is 2.20. The van der Waals surface area contributed by atoms with E-state index in [9.17, 15) is 9.59 Å². The molecule has 0 radical (unpaired) electrons. The normalized spacial score (nSPS) is 13.7. The van der Waals surface area contributed by atoms with E-state index in [1.807, 2.05) is 6.07 Å². The van der Waals surface area contributed by atoms with Crippen molar-refractivity contribution in [2.75, 3.05) is 5.32 Å². The first kappa shape index (κ1) is 14.4. The zero-order chi connectivity index (χ0) is 16.5. The van der Waals surface area contributed by atoms with Crippen molar-refractivity contribution in [1.29, 1.82) is 0 Å². The Bertz CT molecular complexity index is 910. The summed E-state index contributed by atoms with van der Waals surface area (Å²) in [5.41, 5.74) is 2.69. The van der Waals surface area contributed by atoms with E-state index in [2.05, 4.69) is 20.8 Å². The van der Waals surface area contributed by atoms with Crippen molar-refractivity contribution in [2.24, 2.45) is 0 Å². The van der Waals surface area contributed by atoms with Crippen molar-refractivity contribution in [2.45, 2.75) is 18.9 Å². The Kier molecular flexibility index (Phi) is 3.49. The molecule has 3 aromatic rings. The summed E-state index contributed by atoms with van der Waals surface area (Å²) < 4.78 is 0. The number of benzene rings is 2. The molecule has 6 nitrogen and oxygen atoms in total. The van der Waals surface area contributed by atoms with Gasteiger partial charge in [0.05, 0.1) is 11.7 Å². The van der Waals surface area contributed by atoms with Crippen LogP contribution in [0.15, 0.2) is 48.7 Å². The van der Waals surface area contributed by atoms with E-state index in [4.69, 9.17) is 0 Å². The molecular weight excluding hydrogens is 304 g/mol. The lowest BCUT2D eigenvalue weighted by atomic mass is 10.1. The summed E-state index contributed by atoms with van der Waals surface area (Å²) in [5, 5.41) is 13.4. The zero-order valence-corrected chi connectivity index (χ0v) is 12.9. The number of aromatic nitrogens is 2. The van der Waals surface area contributed by atoms with E-state index in [1.165, 1.54) is 0 Å². The van der Waals surface area contributed by atoms with E-state index in [0.29, 0.717) is 22.9 Å². The Morgan fingerprint density at radius 2 is 1.75 bits per heavy atom. The average Bonchev–Trinajstić information content (AvgIpc) is 3.28. The highest BCUT2D eigenvalue weighted by atomic mass is 16.2. The number of hydrogen-bond donors (Lipinski definition) is 3. The number of aromatic amines is 1. The smallest absolute Gasteiger partial charge is 0.255 e. The zero-order valence-electron chi connectivity index (χ0n) is 12.9. The summed E-state index contributed by atoms with van der Waals surface area (Å²) in [6.45, 7) is 0. The van der Waals surface area contributed by atoms with Gasteiger partial charge >= 0.3 is 0 Å². The van der Waals surface area contributed by atoms with Gasteiger partial charge in [-0.15, -0.1) is 0 Å². The molecule has 2 amide bonds. The van der Waals surface area contributed by atoms with Gasteiger partial charge in [-0.3, -0.25) is 14.7 Å². The van der Waals surface area contributed by atoms with E-state index in [0.717, 1.165) is 23.7 Å². The monoisotopic (exact) mass is 320 g/mol. The highest BCUT2D eigenvalue weighted by molar-refractivity contribution is 6.06. The number of rotatable bonds is 4. The van der Waals surface area contributed by atoms with Gasteiger partial charge in [-0.1, -0.05) is 0 Å². The number of nitrogens with one attached hydrogen (secondary N) is 3. The molecule has 1 aliphatic rings. The van der Waals surface area contributed by atoms with Gasteiger partial charge in [0.1, 0.15) is 0 Å². The molecule has 0 atom stereocenters. The largest absolute Gasteiger partial charge is 0.349 e. The summed E-state index contributed by atoms with van der Waals surface area (Å²) in [4.78, 5) is 24.3. The van der Waals surface area contributed by atoms with Crippen LogP contribution in [0.5, 0.6) is 0 Å². The fourth-order valence-corrected chi connectivity index (χ4v) is 2.49. The van der Waals surface area contributed by atoms with Crippen LogP contribution in [-0.2, 0) is 0 Å². The van der Waals surface area contributed by atoms with Crippen molar-refractivity contribution in [3.63, 3.8) is 0 Å². The molecule has 0 spiro atoms. The summed E-state index contributed by atoms with van der Waals surface area (Å²) in [7, 11) is 0. The second-order valence-electron chi connectivity index (χ2n) is 5.95. The van der Waals surface area contributed by atoms with Crippen molar-refractivity contribution < 1.29 is 9.59 Å². The van der Waals surface area contributed by atoms with Gasteiger partial charge in [0, 0.05) is 28.2 Å². The molecule has 1 saturated carbocycles. The van der Waals surface area contributed by atoms with Crippen molar-refractivity contribution in [1.82, 2.24) is 15.5 Å². The first-order valence-electron chi connectivity index (χ1n) is 7.84. The highest BCUT2D eigenvalue weighted by Gasteiger charge is 2.23. The third-order valence-electron chi connectivity index (χ3n) is 4.02. The maximum Gasteiger partial charge on any atom is 0.255 e. The van der Waals surface area contributed by atoms with Crippen LogP contribution in [0.1, 0.15) is 33.6 Å². The number of anilines is 1. The Balaban J connectivity index is 1.45. The Morgan fingerprint density at radius 3 is 2.50 bits per heavy atom. The molecule has 4 rings (SSSR count). The van der Waals surface area contributed by atoms with Crippen LogP contribution in [-0.4, -0.2) is 28.1 Å². The molecule has 24 heavy (non-hydrogen) atoms. The van der Waals surface area contributed by atoms with Gasteiger partial charge in [-0.2, -0.15) is 5.10 Å². The minimum Gasteiger partial charge on any atom is -0.349 e. The first-order chi connectivity index (χ1) is 11.7. The molecule has 2 aromatic carbocycles. The van der Waals surface area contributed by atoms with Crippen LogP contribution in [0.2, 0.25) is 0 Å². The third kappa shape index (κ3) is 2.99. The summed E-state index contributed by atoms with van der Waals surface area (Å²) >= 11 is 0. The van der Waals surface area contributed by atoms with Gasteiger partial charge in [0.15, 0.2) is 0 Å². The number of nitrogens with zero attached hydrogens (tertiary/aromatic N) is 1. The Labute approximate surface area is 138 Å². The lowest BCUT2D eigenvalue weighted by molar-refractivity contribution is 0.0950. The molecule has 1 heterocycles. The number of carbonyl (C=O) groups is 2. The average molecular weight is 320 g/mol. The van der Waals surface area contributed by atoms with Crippen molar-refractivity contribution >= 4 is 28.4 Å². The van der Waals surface area contributed by atoms with Gasteiger partial charge in [0.25, 0.3) is 11.8 Å². The molecule has 1 aliphatic carbocycles. The Hall–Kier alpha value is -3.15. The van der Waals surface area contributed by atoms with Crippen LogP contribution in [0.25, 0.3) is 10.9 Å². The van der Waals surface area contributed by atoms with Gasteiger partial charge < -0.3 is 10.6 Å². The number of carbonyl (C=O) groups excluding carboxylic acids is 2. The van der Waals surface area contributed by atoms with E-state index < -0.39 is 0 Å². The molecule has 1 aromatic heterocycles. The maximum absolute atomic E-state index is 12.3. The number of H-pyrrole nitrogens is 1. The summed E-state index contributed by atoms with van der Waals surface area (Å²) in [5.74, 6) is -0.269. The van der Waals surface area contributed by atoms with Crippen LogP contribution in [0, 0.1) is 0 Å². The molecule has 3 N–H and O–H groups in total. The second-order valence-corrected chi connectivity index (χ2v) is 5.95. The van der Waals surface area contributed by atoms with Gasteiger partial charge in [-0.25, -0.2) is 0 Å². The fourth-order valence-electron chi connectivity index (χ4n) is 2.49. The van der Waals surface area contributed by atoms with Crippen LogP contribution < -0.4 is 10.6 Å². The molecule has 0 bridgehead atoms. The minimum atomic E-state index is -0.201.